The highest BCUT2D eigenvalue weighted by Crippen LogP contribution is 2.26. The van der Waals surface area contributed by atoms with Crippen LogP contribution in [0.25, 0.3) is 0 Å². The van der Waals surface area contributed by atoms with E-state index in [1.807, 2.05) is 6.92 Å². The number of nitrogens with two attached hydrogens (primary N) is 1. The summed E-state index contributed by atoms with van der Waals surface area (Å²) in [7, 11) is -3.42. The van der Waals surface area contributed by atoms with Crippen molar-refractivity contribution >= 4 is 10.0 Å². The number of hydrogen-bond donors (Lipinski definition) is 1. The molecule has 24 heavy (non-hydrogen) atoms. The average Bonchev–Trinajstić information content (AvgIpc) is 2.55. The van der Waals surface area contributed by atoms with Gasteiger partial charge < -0.3 is 10.5 Å². The molecular weight excluding hydrogens is 324 g/mol. The lowest BCUT2D eigenvalue weighted by atomic mass is 9.92. The highest BCUT2D eigenvalue weighted by atomic mass is 32.2. The van der Waals surface area contributed by atoms with E-state index >= 15 is 0 Å². The van der Waals surface area contributed by atoms with E-state index in [4.69, 9.17) is 10.5 Å². The minimum Gasteiger partial charge on any atom is -0.494 e. The van der Waals surface area contributed by atoms with Crippen molar-refractivity contribution in [2.75, 3.05) is 19.7 Å². The maximum Gasteiger partial charge on any atom is 0.243 e. The molecule has 2 N–H and O–H groups in total. The van der Waals surface area contributed by atoms with Gasteiger partial charge in [-0.3, -0.25) is 0 Å². The van der Waals surface area contributed by atoms with Gasteiger partial charge in [0.1, 0.15) is 5.75 Å². The first-order valence-electron chi connectivity index (χ1n) is 8.79. The lowest BCUT2D eigenvalue weighted by Gasteiger charge is -2.32. The third-order valence-corrected chi connectivity index (χ3v) is 6.58. The van der Waals surface area contributed by atoms with Crippen molar-refractivity contribution in [3.05, 3.63) is 24.3 Å². The maximum absolute atomic E-state index is 12.7. The van der Waals surface area contributed by atoms with Crippen LogP contribution >= 0.6 is 0 Å². The number of benzene rings is 1. The van der Waals surface area contributed by atoms with E-state index in [0.717, 1.165) is 19.3 Å². The number of ether oxygens (including phenoxy) is 1. The molecule has 2 rings (SSSR count). The molecule has 1 unspecified atom stereocenters. The topological polar surface area (TPSA) is 72.6 Å². The first kappa shape index (κ1) is 19.2. The van der Waals surface area contributed by atoms with Crippen LogP contribution in [0.15, 0.2) is 29.2 Å². The Hall–Kier alpha value is -1.11. The van der Waals surface area contributed by atoms with Gasteiger partial charge in [-0.25, -0.2) is 8.42 Å². The summed E-state index contributed by atoms with van der Waals surface area (Å²) in [6, 6.07) is 6.87. The van der Waals surface area contributed by atoms with Crippen LogP contribution < -0.4 is 10.5 Å². The monoisotopic (exact) mass is 354 g/mol. The first-order chi connectivity index (χ1) is 11.3. The molecule has 0 aliphatic carbocycles. The highest BCUT2D eigenvalue weighted by molar-refractivity contribution is 7.89. The molecule has 6 heteroatoms. The van der Waals surface area contributed by atoms with Crippen LogP contribution in [0.2, 0.25) is 0 Å². The first-order valence-corrected chi connectivity index (χ1v) is 10.2. The largest absolute Gasteiger partial charge is 0.494 e. The molecule has 0 bridgehead atoms. The van der Waals surface area contributed by atoms with Crippen LogP contribution in [0.4, 0.5) is 0 Å². The second-order valence-corrected chi connectivity index (χ2v) is 9.04. The van der Waals surface area contributed by atoms with Crippen LogP contribution in [0.1, 0.15) is 40.0 Å². The molecule has 0 aromatic heterocycles. The molecule has 136 valence electrons. The Morgan fingerprint density at radius 2 is 1.75 bits per heavy atom. The summed E-state index contributed by atoms with van der Waals surface area (Å²) >= 11 is 0. The van der Waals surface area contributed by atoms with Crippen LogP contribution in [-0.4, -0.2) is 38.5 Å². The Morgan fingerprint density at radius 1 is 1.17 bits per heavy atom. The van der Waals surface area contributed by atoms with E-state index in [1.165, 1.54) is 0 Å². The third-order valence-electron chi connectivity index (χ3n) is 4.67. The quantitative estimate of drug-likeness (QED) is 0.817. The van der Waals surface area contributed by atoms with Gasteiger partial charge in [0.2, 0.25) is 10.0 Å². The molecule has 1 aliphatic heterocycles. The highest BCUT2D eigenvalue weighted by Gasteiger charge is 2.30. The molecule has 1 fully saturated rings. The lowest BCUT2D eigenvalue weighted by molar-refractivity contribution is 0.250. The fourth-order valence-electron chi connectivity index (χ4n) is 2.91. The van der Waals surface area contributed by atoms with Gasteiger partial charge >= 0.3 is 0 Å². The molecule has 1 atom stereocenters. The van der Waals surface area contributed by atoms with Crippen molar-refractivity contribution in [2.45, 2.75) is 51.0 Å². The minimum absolute atomic E-state index is 0.122. The molecule has 5 nitrogen and oxygen atoms in total. The summed E-state index contributed by atoms with van der Waals surface area (Å²) < 4.78 is 32.7. The van der Waals surface area contributed by atoms with Gasteiger partial charge in [0.05, 0.1) is 11.5 Å². The van der Waals surface area contributed by atoms with Gasteiger partial charge in [0.15, 0.2) is 0 Å². The number of hydrogen-bond acceptors (Lipinski definition) is 4. The number of nitrogens with zero attached hydrogens (tertiary/aromatic N) is 1. The summed E-state index contributed by atoms with van der Waals surface area (Å²) in [5.41, 5.74) is 5.93. The maximum atomic E-state index is 12.7. The number of sulfonamides is 1. The van der Waals surface area contributed by atoms with Crippen LogP contribution in [0.3, 0.4) is 0 Å². The van der Waals surface area contributed by atoms with E-state index in [0.29, 0.717) is 42.2 Å². The SMILES string of the molecule is CC(C)CCOc1ccc(S(=O)(=O)N2CCC(C(C)N)CC2)cc1. The van der Waals surface area contributed by atoms with Gasteiger partial charge in [-0.05, 0) is 62.3 Å². The number of piperidine rings is 1. The lowest BCUT2D eigenvalue weighted by Crippen LogP contribution is -2.42. The molecule has 0 spiro atoms. The van der Waals surface area contributed by atoms with E-state index < -0.39 is 10.0 Å². The summed E-state index contributed by atoms with van der Waals surface area (Å²) in [5.74, 6) is 1.71. The Bertz CT molecular complexity index is 604. The van der Waals surface area contributed by atoms with Crippen LogP contribution in [-0.2, 0) is 10.0 Å². The van der Waals surface area contributed by atoms with Crippen molar-refractivity contribution in [3.63, 3.8) is 0 Å². The molecule has 1 heterocycles. The number of rotatable bonds is 7. The zero-order chi connectivity index (χ0) is 17.7. The second kappa shape index (κ2) is 8.32. The molecule has 1 saturated heterocycles. The smallest absolute Gasteiger partial charge is 0.243 e. The Balaban J connectivity index is 1.97. The van der Waals surface area contributed by atoms with Crippen molar-refractivity contribution in [1.29, 1.82) is 0 Å². The van der Waals surface area contributed by atoms with Gasteiger partial charge in [0, 0.05) is 19.1 Å². The summed E-state index contributed by atoms with van der Waals surface area (Å²) in [4.78, 5) is 0.331. The molecule has 1 aromatic rings. The minimum atomic E-state index is -3.42. The Kier molecular flexibility index (Phi) is 6.66. The predicted molar refractivity (Wildman–Crippen MR) is 96.5 cm³/mol. The van der Waals surface area contributed by atoms with Gasteiger partial charge in [-0.15, -0.1) is 0 Å². The predicted octanol–water partition coefficient (Wildman–Crippen LogP) is 2.86. The zero-order valence-corrected chi connectivity index (χ0v) is 15.8. The third kappa shape index (κ3) is 4.94. The van der Waals surface area contributed by atoms with Crippen LogP contribution in [0.5, 0.6) is 5.75 Å². The van der Waals surface area contributed by atoms with Crippen molar-refractivity contribution in [2.24, 2.45) is 17.6 Å². The zero-order valence-electron chi connectivity index (χ0n) is 14.9. The van der Waals surface area contributed by atoms with E-state index in [2.05, 4.69) is 13.8 Å². The van der Waals surface area contributed by atoms with Crippen LogP contribution in [0, 0.1) is 11.8 Å². The van der Waals surface area contributed by atoms with E-state index in [1.54, 1.807) is 28.6 Å². The van der Waals surface area contributed by atoms with E-state index in [9.17, 15) is 8.42 Å². The Morgan fingerprint density at radius 3 is 2.25 bits per heavy atom. The molecule has 1 aromatic carbocycles. The fraction of sp³-hybridized carbons (Fsp3) is 0.667. The van der Waals surface area contributed by atoms with Crippen molar-refractivity contribution in [1.82, 2.24) is 4.31 Å². The average molecular weight is 355 g/mol. The summed E-state index contributed by atoms with van der Waals surface area (Å²) in [6.07, 6.45) is 2.63. The van der Waals surface area contributed by atoms with Crippen molar-refractivity contribution in [3.8, 4) is 5.75 Å². The molecule has 1 aliphatic rings. The second-order valence-electron chi connectivity index (χ2n) is 7.10. The molecular formula is C18H30N2O3S. The van der Waals surface area contributed by atoms with Gasteiger partial charge in [0.25, 0.3) is 0 Å². The molecule has 0 saturated carbocycles. The fourth-order valence-corrected chi connectivity index (χ4v) is 4.38. The Labute approximate surface area is 146 Å². The van der Waals surface area contributed by atoms with Gasteiger partial charge in [-0.2, -0.15) is 4.31 Å². The molecule has 0 amide bonds. The van der Waals surface area contributed by atoms with E-state index in [-0.39, 0.29) is 6.04 Å². The summed E-state index contributed by atoms with van der Waals surface area (Å²) in [5, 5.41) is 0. The molecule has 0 radical (unpaired) electrons. The summed E-state index contributed by atoms with van der Waals surface area (Å²) in [6.45, 7) is 8.02. The van der Waals surface area contributed by atoms with Gasteiger partial charge in [-0.1, -0.05) is 13.8 Å². The normalized spacial score (nSPS) is 18.7. The van der Waals surface area contributed by atoms with Crippen molar-refractivity contribution < 1.29 is 13.2 Å². The standard InChI is InChI=1S/C18H30N2O3S/c1-14(2)10-13-23-17-4-6-18(7-5-17)24(21,22)20-11-8-16(9-12-20)15(3)19/h4-7,14-16H,8-13,19H2,1-3H3.